The van der Waals surface area contributed by atoms with Gasteiger partial charge in [-0.25, -0.2) is 13.9 Å². The average molecular weight is 493 g/mol. The van der Waals surface area contributed by atoms with E-state index in [2.05, 4.69) is 31.0 Å². The summed E-state index contributed by atoms with van der Waals surface area (Å²) < 4.78 is 3.88. The fourth-order valence-electron chi connectivity index (χ4n) is 3.51. The molecule has 0 N–H and O–H groups in total. The van der Waals surface area contributed by atoms with Crippen LogP contribution in [0.5, 0.6) is 0 Å². The van der Waals surface area contributed by atoms with E-state index in [1.807, 2.05) is 54.6 Å². The number of hydrogen-bond donors (Lipinski definition) is 0. The lowest BCUT2D eigenvalue weighted by Gasteiger charge is -2.11. The molecule has 0 saturated carbocycles. The van der Waals surface area contributed by atoms with Crippen molar-refractivity contribution < 1.29 is 0 Å². The first-order valence-corrected chi connectivity index (χ1v) is 10.7. The van der Waals surface area contributed by atoms with Crippen molar-refractivity contribution in [2.24, 2.45) is 0 Å². The van der Waals surface area contributed by atoms with Gasteiger partial charge in [-0.05, 0) is 75.1 Å². The molecule has 4 aromatic heterocycles. The Morgan fingerprint density at radius 1 is 0.935 bits per heavy atom. The molecule has 0 atom stereocenters. The molecule has 31 heavy (non-hydrogen) atoms. The smallest absolute Gasteiger partial charge is 0.265 e. The van der Waals surface area contributed by atoms with E-state index in [0.717, 1.165) is 32.4 Å². The van der Waals surface area contributed by atoms with Gasteiger partial charge < -0.3 is 0 Å². The molecule has 4 heterocycles. The van der Waals surface area contributed by atoms with Crippen molar-refractivity contribution >= 4 is 33.2 Å². The Hall–Kier alpha value is -3.29. The van der Waals surface area contributed by atoms with Crippen LogP contribution in [0.2, 0.25) is 5.02 Å². The summed E-state index contributed by atoms with van der Waals surface area (Å²) in [7, 11) is 0. The lowest BCUT2D eigenvalue weighted by Crippen LogP contribution is -2.22. The van der Waals surface area contributed by atoms with Gasteiger partial charge in [0.15, 0.2) is 5.65 Å². The van der Waals surface area contributed by atoms with Crippen LogP contribution in [0.4, 0.5) is 0 Å². The first kappa shape index (κ1) is 19.7. The predicted octanol–water partition coefficient (Wildman–Crippen LogP) is 5.08. The molecule has 0 spiro atoms. The summed E-state index contributed by atoms with van der Waals surface area (Å²) >= 11 is 9.46. The molecular formula is C23H15BrClN5O. The maximum Gasteiger partial charge on any atom is 0.350 e. The molecule has 0 saturated heterocycles. The second-order valence-electron chi connectivity index (χ2n) is 6.95. The molecule has 0 aliphatic heterocycles. The molecular weight excluding hydrogens is 478 g/mol. The van der Waals surface area contributed by atoms with Gasteiger partial charge in [0.1, 0.15) is 0 Å². The summed E-state index contributed by atoms with van der Waals surface area (Å²) in [4.78, 5) is 21.6. The van der Waals surface area contributed by atoms with Crippen LogP contribution in [0.3, 0.4) is 0 Å². The van der Waals surface area contributed by atoms with E-state index in [1.54, 1.807) is 29.2 Å². The van der Waals surface area contributed by atoms with Crippen molar-refractivity contribution in [3.8, 4) is 22.3 Å². The molecule has 1 aromatic carbocycles. The van der Waals surface area contributed by atoms with Crippen molar-refractivity contribution in [3.05, 3.63) is 105 Å². The number of rotatable bonds is 4. The van der Waals surface area contributed by atoms with Gasteiger partial charge in [0.2, 0.25) is 0 Å². The standard InChI is InChI=1S/C23H15BrClN5O/c24-17-3-6-19(27-13-17)14-30-23(31)29-12-9-20(15-1-4-18(25)5-2-15)21(22(29)28-30)16-7-10-26-11-8-16/h1-13H,14H2. The van der Waals surface area contributed by atoms with E-state index in [-0.39, 0.29) is 12.2 Å². The Bertz CT molecular complexity index is 1430. The van der Waals surface area contributed by atoms with Gasteiger partial charge in [-0.2, -0.15) is 0 Å². The third kappa shape index (κ3) is 3.78. The quantitative estimate of drug-likeness (QED) is 0.351. The van der Waals surface area contributed by atoms with E-state index in [0.29, 0.717) is 10.7 Å². The first-order valence-electron chi connectivity index (χ1n) is 9.49. The third-order valence-corrected chi connectivity index (χ3v) is 5.70. The highest BCUT2D eigenvalue weighted by molar-refractivity contribution is 9.10. The normalized spacial score (nSPS) is 11.2. The molecule has 0 bridgehead atoms. The highest BCUT2D eigenvalue weighted by Crippen LogP contribution is 2.34. The first-order chi connectivity index (χ1) is 15.1. The average Bonchev–Trinajstić information content (AvgIpc) is 3.11. The zero-order chi connectivity index (χ0) is 21.4. The number of fused-ring (bicyclic) bond motifs is 1. The maximum atomic E-state index is 13.1. The summed E-state index contributed by atoms with van der Waals surface area (Å²) in [5, 5.41) is 5.34. The highest BCUT2D eigenvalue weighted by Gasteiger charge is 2.17. The van der Waals surface area contributed by atoms with Crippen molar-refractivity contribution in [2.45, 2.75) is 6.54 Å². The van der Waals surface area contributed by atoms with Gasteiger partial charge in [-0.1, -0.05) is 23.7 Å². The molecule has 5 rings (SSSR count). The molecule has 0 fully saturated rings. The van der Waals surface area contributed by atoms with E-state index in [4.69, 9.17) is 11.6 Å². The van der Waals surface area contributed by atoms with Gasteiger partial charge in [-0.3, -0.25) is 9.97 Å². The van der Waals surface area contributed by atoms with Crippen LogP contribution in [-0.2, 0) is 6.54 Å². The van der Waals surface area contributed by atoms with Gasteiger partial charge in [0.25, 0.3) is 0 Å². The van der Waals surface area contributed by atoms with Crippen LogP contribution in [0.1, 0.15) is 5.69 Å². The minimum Gasteiger partial charge on any atom is -0.265 e. The van der Waals surface area contributed by atoms with E-state index >= 15 is 0 Å². The molecule has 0 unspecified atom stereocenters. The molecule has 8 heteroatoms. The maximum absolute atomic E-state index is 13.1. The number of benzene rings is 1. The van der Waals surface area contributed by atoms with Crippen molar-refractivity contribution in [2.75, 3.05) is 0 Å². The summed E-state index contributed by atoms with van der Waals surface area (Å²) in [6.45, 7) is 0.278. The highest BCUT2D eigenvalue weighted by atomic mass is 79.9. The van der Waals surface area contributed by atoms with Crippen LogP contribution in [0.15, 0.2) is 88.7 Å². The minimum absolute atomic E-state index is 0.224. The van der Waals surface area contributed by atoms with E-state index in [9.17, 15) is 4.79 Å². The van der Waals surface area contributed by atoms with Crippen LogP contribution < -0.4 is 5.69 Å². The van der Waals surface area contributed by atoms with Crippen LogP contribution in [0, 0.1) is 0 Å². The Labute approximate surface area is 190 Å². The SMILES string of the molecule is O=c1n(Cc2ccc(Br)cn2)nc2c(-c3ccncc3)c(-c3ccc(Cl)cc3)ccn12. The number of halogens is 2. The Balaban J connectivity index is 1.73. The Morgan fingerprint density at radius 2 is 1.71 bits per heavy atom. The topological polar surface area (TPSA) is 65.1 Å². The van der Waals surface area contributed by atoms with Gasteiger partial charge >= 0.3 is 5.69 Å². The molecule has 0 aliphatic carbocycles. The summed E-state index contributed by atoms with van der Waals surface area (Å²) in [5.41, 5.74) is 4.80. The van der Waals surface area contributed by atoms with Crippen LogP contribution in [0.25, 0.3) is 27.9 Å². The van der Waals surface area contributed by atoms with E-state index < -0.39 is 0 Å². The van der Waals surface area contributed by atoms with Crippen molar-refractivity contribution in [3.63, 3.8) is 0 Å². The zero-order valence-electron chi connectivity index (χ0n) is 16.1. The monoisotopic (exact) mass is 491 g/mol. The number of pyridine rings is 3. The molecule has 152 valence electrons. The molecule has 6 nitrogen and oxygen atoms in total. The van der Waals surface area contributed by atoms with E-state index in [1.165, 1.54) is 4.68 Å². The molecule has 5 aromatic rings. The molecule has 0 radical (unpaired) electrons. The fraction of sp³-hybridized carbons (Fsp3) is 0.0435. The summed E-state index contributed by atoms with van der Waals surface area (Å²) in [6.07, 6.45) is 6.92. The number of aromatic nitrogens is 5. The summed E-state index contributed by atoms with van der Waals surface area (Å²) in [6, 6.07) is 17.1. The largest absolute Gasteiger partial charge is 0.350 e. The van der Waals surface area contributed by atoms with Gasteiger partial charge in [-0.15, -0.1) is 5.10 Å². The Morgan fingerprint density at radius 3 is 2.42 bits per heavy atom. The predicted molar refractivity (Wildman–Crippen MR) is 124 cm³/mol. The lowest BCUT2D eigenvalue weighted by molar-refractivity contribution is 0.646. The second kappa shape index (κ2) is 8.09. The second-order valence-corrected chi connectivity index (χ2v) is 8.30. The Kier molecular flexibility index (Phi) is 5.13. The fourth-order valence-corrected chi connectivity index (χ4v) is 3.87. The number of nitrogens with zero attached hydrogens (tertiary/aromatic N) is 5. The minimum atomic E-state index is -0.224. The zero-order valence-corrected chi connectivity index (χ0v) is 18.5. The molecule has 0 aliphatic rings. The summed E-state index contributed by atoms with van der Waals surface area (Å²) in [5.74, 6) is 0. The molecule has 0 amide bonds. The van der Waals surface area contributed by atoms with Crippen molar-refractivity contribution in [1.82, 2.24) is 24.1 Å². The third-order valence-electron chi connectivity index (χ3n) is 4.98. The van der Waals surface area contributed by atoms with Crippen LogP contribution >= 0.6 is 27.5 Å². The van der Waals surface area contributed by atoms with Gasteiger partial charge in [0, 0.05) is 39.8 Å². The van der Waals surface area contributed by atoms with Gasteiger partial charge in [0.05, 0.1) is 12.2 Å². The lowest BCUT2D eigenvalue weighted by atomic mass is 9.96. The number of hydrogen-bond acceptors (Lipinski definition) is 4. The van der Waals surface area contributed by atoms with Crippen LogP contribution in [-0.4, -0.2) is 24.1 Å². The van der Waals surface area contributed by atoms with Crippen molar-refractivity contribution in [1.29, 1.82) is 0 Å².